The Hall–Kier alpha value is -1.39. The second-order valence-electron chi connectivity index (χ2n) is 2.94. The van der Waals surface area contributed by atoms with E-state index in [9.17, 15) is 0 Å². The molecule has 0 unspecified atom stereocenters. The molecule has 13 heavy (non-hydrogen) atoms. The lowest BCUT2D eigenvalue weighted by atomic mass is 10.1. The van der Waals surface area contributed by atoms with Gasteiger partial charge in [-0.25, -0.2) is 0 Å². The second-order valence-corrected chi connectivity index (χ2v) is 2.94. The first-order valence-electron chi connectivity index (χ1n) is 4.12. The minimum Gasteiger partial charge on any atom is -0.394 e. The summed E-state index contributed by atoms with van der Waals surface area (Å²) < 4.78 is 0. The van der Waals surface area contributed by atoms with Crippen molar-refractivity contribution in [2.75, 3.05) is 6.61 Å². The maximum Gasteiger partial charge on any atom is 0.0924 e. The number of para-hydroxylation sites is 1. The number of benzene rings is 1. The molecule has 0 bridgehead atoms. The lowest BCUT2D eigenvalue weighted by Crippen LogP contribution is -2.15. The average Bonchev–Trinajstić information content (AvgIpc) is 2.60. The Morgan fingerprint density at radius 1 is 1.46 bits per heavy atom. The number of aromatic nitrogens is 2. The summed E-state index contributed by atoms with van der Waals surface area (Å²) in [5.41, 5.74) is 7.35. The van der Waals surface area contributed by atoms with Crippen molar-refractivity contribution in [1.82, 2.24) is 10.2 Å². The van der Waals surface area contributed by atoms with Crippen LogP contribution in [0.25, 0.3) is 10.9 Å². The SMILES string of the molecule is N[C@@H](CO)c1[nH]nc2ccccc12. The van der Waals surface area contributed by atoms with Gasteiger partial charge in [0.05, 0.1) is 23.9 Å². The Morgan fingerprint density at radius 3 is 3.00 bits per heavy atom. The summed E-state index contributed by atoms with van der Waals surface area (Å²) in [6.45, 7) is -0.0772. The fourth-order valence-electron chi connectivity index (χ4n) is 1.35. The normalized spacial score (nSPS) is 13.4. The molecule has 0 fully saturated rings. The van der Waals surface area contributed by atoms with Crippen LogP contribution in [0.5, 0.6) is 0 Å². The van der Waals surface area contributed by atoms with Gasteiger partial charge in [-0.05, 0) is 6.07 Å². The van der Waals surface area contributed by atoms with Crippen LogP contribution in [0.4, 0.5) is 0 Å². The van der Waals surface area contributed by atoms with E-state index in [1.807, 2.05) is 24.3 Å². The van der Waals surface area contributed by atoms with Crippen LogP contribution in [0.3, 0.4) is 0 Å². The van der Waals surface area contributed by atoms with Crippen LogP contribution in [0.2, 0.25) is 0 Å². The summed E-state index contributed by atoms with van der Waals surface area (Å²) in [7, 11) is 0. The number of aliphatic hydroxyl groups is 1. The van der Waals surface area contributed by atoms with Crippen LogP contribution in [0, 0.1) is 0 Å². The van der Waals surface area contributed by atoms with Gasteiger partial charge >= 0.3 is 0 Å². The molecule has 2 aromatic rings. The average molecular weight is 177 g/mol. The van der Waals surface area contributed by atoms with Crippen molar-refractivity contribution in [3.8, 4) is 0 Å². The van der Waals surface area contributed by atoms with E-state index < -0.39 is 0 Å². The van der Waals surface area contributed by atoms with Gasteiger partial charge in [0.25, 0.3) is 0 Å². The molecule has 0 aliphatic heterocycles. The molecule has 0 saturated heterocycles. The third kappa shape index (κ3) is 1.30. The van der Waals surface area contributed by atoms with Gasteiger partial charge in [-0.3, -0.25) is 5.10 Å². The number of H-pyrrole nitrogens is 1. The number of nitrogens with two attached hydrogens (primary N) is 1. The van der Waals surface area contributed by atoms with Crippen molar-refractivity contribution in [2.45, 2.75) is 6.04 Å². The third-order valence-corrected chi connectivity index (χ3v) is 2.06. The largest absolute Gasteiger partial charge is 0.394 e. The van der Waals surface area contributed by atoms with Crippen molar-refractivity contribution in [1.29, 1.82) is 0 Å². The number of hydrogen-bond donors (Lipinski definition) is 3. The van der Waals surface area contributed by atoms with E-state index in [1.165, 1.54) is 0 Å². The van der Waals surface area contributed by atoms with Crippen molar-refractivity contribution in [3.05, 3.63) is 30.0 Å². The summed E-state index contributed by atoms with van der Waals surface area (Å²) in [4.78, 5) is 0. The van der Waals surface area contributed by atoms with Gasteiger partial charge in [-0.2, -0.15) is 5.10 Å². The maximum absolute atomic E-state index is 8.89. The van der Waals surface area contributed by atoms with Crippen LogP contribution in [-0.4, -0.2) is 21.9 Å². The van der Waals surface area contributed by atoms with Crippen LogP contribution in [0.15, 0.2) is 24.3 Å². The molecule has 1 atom stereocenters. The van der Waals surface area contributed by atoms with E-state index in [4.69, 9.17) is 10.8 Å². The predicted molar refractivity (Wildman–Crippen MR) is 50.1 cm³/mol. The van der Waals surface area contributed by atoms with Crippen molar-refractivity contribution >= 4 is 10.9 Å². The minimum absolute atomic E-state index is 0.0772. The van der Waals surface area contributed by atoms with Gasteiger partial charge in [0.1, 0.15) is 0 Å². The van der Waals surface area contributed by atoms with Gasteiger partial charge in [0.2, 0.25) is 0 Å². The van der Waals surface area contributed by atoms with Crippen LogP contribution < -0.4 is 5.73 Å². The zero-order chi connectivity index (χ0) is 9.26. The van der Waals surface area contributed by atoms with E-state index in [0.717, 1.165) is 16.6 Å². The fourth-order valence-corrected chi connectivity index (χ4v) is 1.35. The Balaban J connectivity index is 2.57. The molecule has 1 heterocycles. The molecule has 0 aliphatic carbocycles. The van der Waals surface area contributed by atoms with Crippen LogP contribution in [-0.2, 0) is 0 Å². The van der Waals surface area contributed by atoms with E-state index in [2.05, 4.69) is 10.2 Å². The highest BCUT2D eigenvalue weighted by Crippen LogP contribution is 2.19. The van der Waals surface area contributed by atoms with Gasteiger partial charge < -0.3 is 10.8 Å². The number of rotatable bonds is 2. The number of nitrogens with one attached hydrogen (secondary N) is 1. The summed E-state index contributed by atoms with van der Waals surface area (Å²) in [5, 5.41) is 16.8. The lowest BCUT2D eigenvalue weighted by molar-refractivity contribution is 0.266. The molecule has 2 rings (SSSR count). The van der Waals surface area contributed by atoms with Crippen molar-refractivity contribution in [3.63, 3.8) is 0 Å². The topological polar surface area (TPSA) is 74.9 Å². The Kier molecular flexibility index (Phi) is 2.00. The second kappa shape index (κ2) is 3.16. The Morgan fingerprint density at radius 2 is 2.23 bits per heavy atom. The standard InChI is InChI=1S/C9H11N3O/c10-7(5-13)9-6-3-1-2-4-8(6)11-12-9/h1-4,7,13H,5,10H2,(H,11,12)/t7-/m0/s1. The van der Waals surface area contributed by atoms with Gasteiger partial charge in [-0.15, -0.1) is 0 Å². The molecule has 1 aromatic heterocycles. The highest BCUT2D eigenvalue weighted by Gasteiger charge is 2.10. The summed E-state index contributed by atoms with van der Waals surface area (Å²) >= 11 is 0. The number of aromatic amines is 1. The van der Waals surface area contributed by atoms with Crippen LogP contribution >= 0.6 is 0 Å². The number of nitrogens with zero attached hydrogens (tertiary/aromatic N) is 1. The molecule has 0 amide bonds. The molecule has 4 N–H and O–H groups in total. The van der Waals surface area contributed by atoms with Crippen molar-refractivity contribution < 1.29 is 5.11 Å². The highest BCUT2D eigenvalue weighted by atomic mass is 16.3. The molecule has 68 valence electrons. The molecular formula is C9H11N3O. The lowest BCUT2D eigenvalue weighted by Gasteiger charge is -2.04. The zero-order valence-corrected chi connectivity index (χ0v) is 7.07. The van der Waals surface area contributed by atoms with E-state index in [-0.39, 0.29) is 12.6 Å². The van der Waals surface area contributed by atoms with Crippen LogP contribution in [0.1, 0.15) is 11.7 Å². The van der Waals surface area contributed by atoms with E-state index in [1.54, 1.807) is 0 Å². The smallest absolute Gasteiger partial charge is 0.0924 e. The van der Waals surface area contributed by atoms with Gasteiger partial charge in [0, 0.05) is 5.39 Å². The first-order chi connectivity index (χ1) is 6.33. The zero-order valence-electron chi connectivity index (χ0n) is 7.07. The fraction of sp³-hybridized carbons (Fsp3) is 0.222. The molecule has 0 radical (unpaired) electrons. The third-order valence-electron chi connectivity index (χ3n) is 2.06. The molecular weight excluding hydrogens is 166 g/mol. The molecule has 0 saturated carbocycles. The quantitative estimate of drug-likeness (QED) is 0.627. The molecule has 0 spiro atoms. The molecule has 1 aromatic carbocycles. The summed E-state index contributed by atoms with van der Waals surface area (Å²) in [5.74, 6) is 0. The molecule has 4 heteroatoms. The molecule has 0 aliphatic rings. The molecule has 4 nitrogen and oxygen atoms in total. The van der Waals surface area contributed by atoms with E-state index >= 15 is 0 Å². The summed E-state index contributed by atoms with van der Waals surface area (Å²) in [6, 6.07) is 7.29. The maximum atomic E-state index is 8.89. The number of hydrogen-bond acceptors (Lipinski definition) is 3. The predicted octanol–water partition coefficient (Wildman–Crippen LogP) is 0.555. The first-order valence-corrected chi connectivity index (χ1v) is 4.12. The number of fused-ring (bicyclic) bond motifs is 1. The van der Waals surface area contributed by atoms with E-state index in [0.29, 0.717) is 0 Å². The summed E-state index contributed by atoms with van der Waals surface area (Å²) in [6.07, 6.45) is 0. The minimum atomic E-state index is -0.382. The van der Waals surface area contributed by atoms with Crippen molar-refractivity contribution in [2.24, 2.45) is 5.73 Å². The Bertz CT molecular complexity index is 410. The number of aliphatic hydroxyl groups excluding tert-OH is 1. The monoisotopic (exact) mass is 177 g/mol. The highest BCUT2D eigenvalue weighted by molar-refractivity contribution is 5.81. The first kappa shape index (κ1) is 8.22. The Labute approximate surface area is 75.4 Å². The van der Waals surface area contributed by atoms with Gasteiger partial charge in [-0.1, -0.05) is 18.2 Å². The van der Waals surface area contributed by atoms with Gasteiger partial charge in [0.15, 0.2) is 0 Å².